The molecule has 0 saturated heterocycles. The summed E-state index contributed by atoms with van der Waals surface area (Å²) in [5, 5.41) is 1.18. The quantitative estimate of drug-likeness (QED) is 0.600. The number of hydrogen-bond acceptors (Lipinski definition) is 3. The number of hydroxylamine groups is 2. The second-order valence-electron chi connectivity index (χ2n) is 3.07. The van der Waals surface area contributed by atoms with Crippen molar-refractivity contribution in [2.24, 2.45) is 5.92 Å². The van der Waals surface area contributed by atoms with Gasteiger partial charge in [0.2, 0.25) is 5.91 Å². The molecule has 0 aromatic carbocycles. The highest BCUT2D eigenvalue weighted by Crippen LogP contribution is 2.18. The van der Waals surface area contributed by atoms with Gasteiger partial charge in [0.25, 0.3) is 0 Å². The largest absolute Gasteiger partial charge is 0.295 e. The van der Waals surface area contributed by atoms with E-state index in [0.29, 0.717) is 12.8 Å². The molecular weight excluding hydrogens is 170 g/mol. The molecule has 13 heavy (non-hydrogen) atoms. The second-order valence-corrected chi connectivity index (χ2v) is 3.07. The van der Waals surface area contributed by atoms with E-state index >= 15 is 0 Å². The summed E-state index contributed by atoms with van der Waals surface area (Å²) in [6.45, 7) is 0. The summed E-state index contributed by atoms with van der Waals surface area (Å²) >= 11 is 0. The standard InChI is InChI=1S/C9H13NO3/c1-10(13-2)9(12)6-7-3-4-8(11)5-7/h3-4,7H,5-6H2,1-2H3/t7-/m0/s1. The molecule has 0 aromatic rings. The van der Waals surface area contributed by atoms with Crippen molar-refractivity contribution in [2.45, 2.75) is 12.8 Å². The minimum absolute atomic E-state index is 0.0533. The molecule has 1 atom stereocenters. The van der Waals surface area contributed by atoms with E-state index < -0.39 is 0 Å². The third kappa shape index (κ3) is 2.66. The lowest BCUT2D eigenvalue weighted by atomic mass is 10.0. The predicted molar refractivity (Wildman–Crippen MR) is 46.7 cm³/mol. The van der Waals surface area contributed by atoms with Gasteiger partial charge in [0.1, 0.15) is 0 Å². The van der Waals surface area contributed by atoms with Gasteiger partial charge in [-0.2, -0.15) is 0 Å². The molecular formula is C9H13NO3. The molecule has 0 aliphatic heterocycles. The number of carbonyl (C=O) groups excluding carboxylic acids is 2. The van der Waals surface area contributed by atoms with Gasteiger partial charge in [0.05, 0.1) is 7.11 Å². The molecule has 1 aliphatic rings. The number of ketones is 1. The molecule has 0 bridgehead atoms. The fraction of sp³-hybridized carbons (Fsp3) is 0.556. The van der Waals surface area contributed by atoms with Gasteiger partial charge in [-0.1, -0.05) is 6.08 Å². The first-order valence-corrected chi connectivity index (χ1v) is 4.15. The zero-order chi connectivity index (χ0) is 9.84. The van der Waals surface area contributed by atoms with E-state index in [-0.39, 0.29) is 17.6 Å². The van der Waals surface area contributed by atoms with E-state index in [1.165, 1.54) is 18.2 Å². The monoisotopic (exact) mass is 183 g/mol. The van der Waals surface area contributed by atoms with Gasteiger partial charge in [0.15, 0.2) is 5.78 Å². The first-order valence-electron chi connectivity index (χ1n) is 4.15. The molecule has 1 amide bonds. The maximum Gasteiger partial charge on any atom is 0.246 e. The minimum Gasteiger partial charge on any atom is -0.295 e. The van der Waals surface area contributed by atoms with Gasteiger partial charge in [-0.15, -0.1) is 0 Å². The highest BCUT2D eigenvalue weighted by molar-refractivity contribution is 5.93. The Labute approximate surface area is 77.1 Å². The number of carbonyl (C=O) groups is 2. The topological polar surface area (TPSA) is 46.6 Å². The van der Waals surface area contributed by atoms with Crippen molar-refractivity contribution in [2.75, 3.05) is 14.2 Å². The highest BCUT2D eigenvalue weighted by atomic mass is 16.7. The average Bonchev–Trinajstić information content (AvgIpc) is 2.49. The van der Waals surface area contributed by atoms with Crippen LogP contribution in [0.15, 0.2) is 12.2 Å². The highest BCUT2D eigenvalue weighted by Gasteiger charge is 2.20. The van der Waals surface area contributed by atoms with Gasteiger partial charge in [0, 0.05) is 19.9 Å². The molecule has 72 valence electrons. The van der Waals surface area contributed by atoms with Crippen LogP contribution in [0, 0.1) is 5.92 Å². The minimum atomic E-state index is -0.105. The number of nitrogens with zero attached hydrogens (tertiary/aromatic N) is 1. The average molecular weight is 183 g/mol. The number of allylic oxidation sites excluding steroid dienone is 2. The van der Waals surface area contributed by atoms with E-state index in [4.69, 9.17) is 4.84 Å². The first kappa shape index (κ1) is 9.92. The number of hydrogen-bond donors (Lipinski definition) is 0. The third-order valence-corrected chi connectivity index (χ3v) is 2.08. The molecule has 1 rings (SSSR count). The molecule has 4 nitrogen and oxygen atoms in total. The zero-order valence-electron chi connectivity index (χ0n) is 7.82. The fourth-order valence-corrected chi connectivity index (χ4v) is 1.23. The lowest BCUT2D eigenvalue weighted by Gasteiger charge is -2.15. The van der Waals surface area contributed by atoms with E-state index in [1.54, 1.807) is 13.1 Å². The third-order valence-electron chi connectivity index (χ3n) is 2.08. The summed E-state index contributed by atoms with van der Waals surface area (Å²) in [6, 6.07) is 0. The van der Waals surface area contributed by atoms with Crippen molar-refractivity contribution in [1.29, 1.82) is 0 Å². The summed E-state index contributed by atoms with van der Waals surface area (Å²) in [5.41, 5.74) is 0. The van der Waals surface area contributed by atoms with Crippen LogP contribution in [0.5, 0.6) is 0 Å². The van der Waals surface area contributed by atoms with Crippen LogP contribution < -0.4 is 0 Å². The van der Waals surface area contributed by atoms with Crippen molar-refractivity contribution in [3.05, 3.63) is 12.2 Å². The lowest BCUT2D eigenvalue weighted by molar-refractivity contribution is -0.169. The van der Waals surface area contributed by atoms with E-state index in [2.05, 4.69) is 0 Å². The molecule has 0 unspecified atom stereocenters. The Balaban J connectivity index is 2.37. The molecule has 0 aromatic heterocycles. The Morgan fingerprint density at radius 1 is 1.77 bits per heavy atom. The van der Waals surface area contributed by atoms with Crippen LogP contribution in [0.25, 0.3) is 0 Å². The van der Waals surface area contributed by atoms with Crippen LogP contribution in [0.1, 0.15) is 12.8 Å². The van der Waals surface area contributed by atoms with E-state index in [0.717, 1.165) is 0 Å². The maximum absolute atomic E-state index is 11.3. The number of amides is 1. The second kappa shape index (κ2) is 4.18. The van der Waals surface area contributed by atoms with Gasteiger partial charge < -0.3 is 0 Å². The number of rotatable bonds is 3. The zero-order valence-corrected chi connectivity index (χ0v) is 7.82. The van der Waals surface area contributed by atoms with E-state index in [1.807, 2.05) is 0 Å². The van der Waals surface area contributed by atoms with Gasteiger partial charge >= 0.3 is 0 Å². The Morgan fingerprint density at radius 2 is 2.46 bits per heavy atom. The van der Waals surface area contributed by atoms with E-state index in [9.17, 15) is 9.59 Å². The summed E-state index contributed by atoms with van der Waals surface area (Å²) in [5.74, 6) is 0.0438. The van der Waals surface area contributed by atoms with Crippen LogP contribution in [0.4, 0.5) is 0 Å². The van der Waals surface area contributed by atoms with Gasteiger partial charge in [-0.25, -0.2) is 5.06 Å². The molecule has 0 radical (unpaired) electrons. The smallest absolute Gasteiger partial charge is 0.246 e. The van der Waals surface area contributed by atoms with Crippen molar-refractivity contribution in [3.8, 4) is 0 Å². The van der Waals surface area contributed by atoms with Crippen molar-refractivity contribution < 1.29 is 14.4 Å². The molecule has 4 heteroatoms. The molecule has 0 saturated carbocycles. The summed E-state index contributed by atoms with van der Waals surface area (Å²) in [6.07, 6.45) is 4.10. The van der Waals surface area contributed by atoms with Gasteiger partial charge in [-0.05, 0) is 12.0 Å². The Bertz CT molecular complexity index is 247. The first-order chi connectivity index (χ1) is 6.13. The molecule has 0 heterocycles. The van der Waals surface area contributed by atoms with Crippen LogP contribution in [-0.2, 0) is 14.4 Å². The maximum atomic E-state index is 11.3. The van der Waals surface area contributed by atoms with Crippen molar-refractivity contribution in [3.63, 3.8) is 0 Å². The van der Waals surface area contributed by atoms with Crippen LogP contribution in [0.3, 0.4) is 0 Å². The summed E-state index contributed by atoms with van der Waals surface area (Å²) < 4.78 is 0. The summed E-state index contributed by atoms with van der Waals surface area (Å²) in [4.78, 5) is 26.8. The molecule has 1 aliphatic carbocycles. The van der Waals surface area contributed by atoms with Crippen LogP contribution in [0.2, 0.25) is 0 Å². The normalized spacial score (nSPS) is 20.8. The Morgan fingerprint density at radius 3 is 2.92 bits per heavy atom. The van der Waals surface area contributed by atoms with Crippen molar-refractivity contribution >= 4 is 11.7 Å². The SMILES string of the molecule is CON(C)C(=O)C[C@H]1C=CC(=O)C1. The Kier molecular flexibility index (Phi) is 3.19. The fourth-order valence-electron chi connectivity index (χ4n) is 1.23. The van der Waals surface area contributed by atoms with Crippen LogP contribution in [-0.4, -0.2) is 30.9 Å². The molecule has 0 fully saturated rings. The Hall–Kier alpha value is -1.16. The lowest BCUT2D eigenvalue weighted by Crippen LogP contribution is -2.26. The molecule has 0 spiro atoms. The van der Waals surface area contributed by atoms with Crippen LogP contribution >= 0.6 is 0 Å². The predicted octanol–water partition coefficient (Wildman–Crippen LogP) is 0.541. The summed E-state index contributed by atoms with van der Waals surface area (Å²) in [7, 11) is 3.00. The van der Waals surface area contributed by atoms with Crippen molar-refractivity contribution in [1.82, 2.24) is 5.06 Å². The van der Waals surface area contributed by atoms with Gasteiger partial charge in [-0.3, -0.25) is 14.4 Å². The molecule has 0 N–H and O–H groups in total.